The summed E-state index contributed by atoms with van der Waals surface area (Å²) in [5.74, 6) is 0.247. The highest BCUT2D eigenvalue weighted by Crippen LogP contribution is 2.52. The molecule has 1 aliphatic carbocycles. The molecule has 0 aromatic heterocycles. The van der Waals surface area contributed by atoms with E-state index in [0.29, 0.717) is 19.6 Å². The van der Waals surface area contributed by atoms with Crippen LogP contribution in [0.2, 0.25) is 0 Å². The van der Waals surface area contributed by atoms with Gasteiger partial charge in [0.05, 0.1) is 24.5 Å². The van der Waals surface area contributed by atoms with Crippen molar-refractivity contribution in [3.8, 4) is 0 Å². The molecule has 98 valence electrons. The van der Waals surface area contributed by atoms with Crippen LogP contribution in [0.15, 0.2) is 0 Å². The molecule has 0 radical (unpaired) electrons. The Morgan fingerprint density at radius 3 is 2.41 bits per heavy atom. The number of rotatable bonds is 1. The van der Waals surface area contributed by atoms with E-state index >= 15 is 0 Å². The van der Waals surface area contributed by atoms with Gasteiger partial charge in [0.25, 0.3) is 0 Å². The van der Waals surface area contributed by atoms with Gasteiger partial charge in [0.2, 0.25) is 0 Å². The highest BCUT2D eigenvalue weighted by Gasteiger charge is 2.70. The first kappa shape index (κ1) is 11.9. The van der Waals surface area contributed by atoms with Gasteiger partial charge in [0, 0.05) is 13.1 Å². The second-order valence-electron chi connectivity index (χ2n) is 5.49. The Kier molecular flexibility index (Phi) is 2.56. The molecule has 2 N–H and O–H groups in total. The van der Waals surface area contributed by atoms with E-state index in [2.05, 4.69) is 4.90 Å². The van der Waals surface area contributed by atoms with Crippen molar-refractivity contribution in [1.29, 1.82) is 0 Å². The Morgan fingerprint density at radius 2 is 1.76 bits per heavy atom. The van der Waals surface area contributed by atoms with Crippen molar-refractivity contribution in [2.45, 2.75) is 36.1 Å². The van der Waals surface area contributed by atoms with Crippen LogP contribution < -0.4 is 5.73 Å². The molecule has 2 heterocycles. The van der Waals surface area contributed by atoms with E-state index in [1.54, 1.807) is 0 Å². The SMILES string of the molecule is N[C@]12CCCC[C@@]1(N1CCOCC1)CS2(=O)=O. The van der Waals surface area contributed by atoms with E-state index in [-0.39, 0.29) is 11.3 Å². The normalized spacial score (nSPS) is 45.9. The first-order valence-electron chi connectivity index (χ1n) is 6.36. The zero-order valence-corrected chi connectivity index (χ0v) is 10.8. The molecule has 3 fully saturated rings. The summed E-state index contributed by atoms with van der Waals surface area (Å²) in [5.41, 5.74) is 5.98. The largest absolute Gasteiger partial charge is 0.379 e. The first-order chi connectivity index (χ1) is 8.02. The molecule has 2 atom stereocenters. The summed E-state index contributed by atoms with van der Waals surface area (Å²) < 4.78 is 29.4. The number of nitrogens with two attached hydrogens (primary N) is 1. The van der Waals surface area contributed by atoms with Crippen molar-refractivity contribution in [1.82, 2.24) is 4.90 Å². The lowest BCUT2D eigenvalue weighted by Crippen LogP contribution is -2.84. The van der Waals surface area contributed by atoms with Gasteiger partial charge in [-0.05, 0) is 12.8 Å². The smallest absolute Gasteiger partial charge is 0.172 e. The fraction of sp³-hybridized carbons (Fsp3) is 1.00. The standard InChI is InChI=1S/C11H20N2O3S/c12-11-4-2-1-3-10(11,9-17(11,14)15)13-5-7-16-8-6-13/h1-9,12H2/t10-,11+/m1/s1. The Labute approximate surface area is 102 Å². The average molecular weight is 260 g/mol. The molecule has 0 aromatic carbocycles. The van der Waals surface area contributed by atoms with Gasteiger partial charge >= 0.3 is 0 Å². The van der Waals surface area contributed by atoms with Crippen LogP contribution in [-0.4, -0.2) is 55.8 Å². The number of hydrogen-bond acceptors (Lipinski definition) is 5. The van der Waals surface area contributed by atoms with Gasteiger partial charge in [-0.2, -0.15) is 0 Å². The summed E-state index contributed by atoms with van der Waals surface area (Å²) in [6.45, 7) is 3.01. The van der Waals surface area contributed by atoms with Crippen molar-refractivity contribution in [2.75, 3.05) is 32.1 Å². The maximum Gasteiger partial charge on any atom is 0.172 e. The minimum Gasteiger partial charge on any atom is -0.379 e. The quantitative estimate of drug-likeness (QED) is 0.701. The third kappa shape index (κ3) is 1.38. The van der Waals surface area contributed by atoms with Crippen molar-refractivity contribution >= 4 is 9.84 Å². The lowest BCUT2D eigenvalue weighted by atomic mass is 9.75. The van der Waals surface area contributed by atoms with Crippen LogP contribution >= 0.6 is 0 Å². The number of morpholine rings is 1. The molecule has 0 spiro atoms. The zero-order valence-electron chi connectivity index (χ0n) is 10.0. The number of ether oxygens (including phenoxy) is 1. The van der Waals surface area contributed by atoms with Crippen molar-refractivity contribution in [3.05, 3.63) is 0 Å². The predicted molar refractivity (Wildman–Crippen MR) is 64.3 cm³/mol. The van der Waals surface area contributed by atoms with Crippen LogP contribution in [0.4, 0.5) is 0 Å². The van der Waals surface area contributed by atoms with Gasteiger partial charge in [-0.3, -0.25) is 4.90 Å². The number of hydrogen-bond donors (Lipinski definition) is 1. The molecule has 2 saturated heterocycles. The number of sulfone groups is 1. The molecule has 0 bridgehead atoms. The topological polar surface area (TPSA) is 72.6 Å². The number of nitrogens with zero attached hydrogens (tertiary/aromatic N) is 1. The maximum atomic E-state index is 12.0. The molecule has 1 saturated carbocycles. The first-order valence-corrected chi connectivity index (χ1v) is 8.01. The Morgan fingerprint density at radius 1 is 1.12 bits per heavy atom. The van der Waals surface area contributed by atoms with Crippen LogP contribution in [0, 0.1) is 0 Å². The fourth-order valence-electron chi connectivity index (χ4n) is 3.76. The molecular weight excluding hydrogens is 240 g/mol. The molecule has 6 heteroatoms. The molecule has 2 aliphatic heterocycles. The third-order valence-corrected chi connectivity index (χ3v) is 7.33. The molecule has 0 amide bonds. The molecule has 3 rings (SSSR count). The molecule has 5 nitrogen and oxygen atoms in total. The van der Waals surface area contributed by atoms with Crippen molar-refractivity contribution in [2.24, 2.45) is 5.73 Å². The van der Waals surface area contributed by atoms with E-state index in [1.807, 2.05) is 0 Å². The molecule has 17 heavy (non-hydrogen) atoms. The van der Waals surface area contributed by atoms with Crippen LogP contribution in [-0.2, 0) is 14.6 Å². The van der Waals surface area contributed by atoms with E-state index < -0.39 is 14.7 Å². The molecular formula is C11H20N2O3S. The monoisotopic (exact) mass is 260 g/mol. The lowest BCUT2D eigenvalue weighted by molar-refractivity contribution is -0.0549. The molecule has 0 unspecified atom stereocenters. The van der Waals surface area contributed by atoms with Gasteiger partial charge in [-0.25, -0.2) is 8.42 Å². The van der Waals surface area contributed by atoms with E-state index in [4.69, 9.17) is 10.5 Å². The minimum absolute atomic E-state index is 0.247. The maximum absolute atomic E-state index is 12.0. The predicted octanol–water partition coefficient (Wildman–Crippen LogP) is -0.285. The van der Waals surface area contributed by atoms with E-state index in [1.165, 1.54) is 0 Å². The highest BCUT2D eigenvalue weighted by molar-refractivity contribution is 7.94. The summed E-state index contributed by atoms with van der Waals surface area (Å²) in [7, 11) is -3.09. The summed E-state index contributed by atoms with van der Waals surface area (Å²) in [6.07, 6.45) is 3.56. The highest BCUT2D eigenvalue weighted by atomic mass is 32.2. The van der Waals surface area contributed by atoms with E-state index in [0.717, 1.165) is 32.4 Å². The van der Waals surface area contributed by atoms with Gasteiger partial charge in [-0.1, -0.05) is 12.8 Å². The third-order valence-electron chi connectivity index (χ3n) is 4.78. The Balaban J connectivity index is 1.94. The summed E-state index contributed by atoms with van der Waals surface area (Å²) >= 11 is 0. The van der Waals surface area contributed by atoms with Gasteiger partial charge < -0.3 is 10.5 Å². The second kappa shape index (κ2) is 3.66. The van der Waals surface area contributed by atoms with Crippen LogP contribution in [0.1, 0.15) is 25.7 Å². The van der Waals surface area contributed by atoms with Gasteiger partial charge in [-0.15, -0.1) is 0 Å². The fourth-order valence-corrected chi connectivity index (χ4v) is 6.32. The summed E-state index contributed by atoms with van der Waals surface area (Å²) in [6, 6.07) is 0. The molecule has 3 aliphatic rings. The van der Waals surface area contributed by atoms with Gasteiger partial charge in [0.15, 0.2) is 9.84 Å². The van der Waals surface area contributed by atoms with Crippen LogP contribution in [0.3, 0.4) is 0 Å². The van der Waals surface area contributed by atoms with Crippen LogP contribution in [0.25, 0.3) is 0 Å². The Bertz CT molecular complexity index is 418. The summed E-state index contributed by atoms with van der Waals surface area (Å²) in [5, 5.41) is 0. The van der Waals surface area contributed by atoms with Gasteiger partial charge in [0.1, 0.15) is 4.87 Å². The lowest BCUT2D eigenvalue weighted by Gasteiger charge is -2.63. The number of fused-ring (bicyclic) bond motifs is 1. The summed E-state index contributed by atoms with van der Waals surface area (Å²) in [4.78, 5) is 1.28. The van der Waals surface area contributed by atoms with Crippen molar-refractivity contribution < 1.29 is 13.2 Å². The van der Waals surface area contributed by atoms with E-state index in [9.17, 15) is 8.42 Å². The molecule has 0 aromatic rings. The Hall–Kier alpha value is -0.170. The minimum atomic E-state index is -3.09. The van der Waals surface area contributed by atoms with Crippen LogP contribution in [0.5, 0.6) is 0 Å². The zero-order chi connectivity index (χ0) is 12.1. The second-order valence-corrected chi connectivity index (χ2v) is 7.73. The average Bonchev–Trinajstić information content (AvgIpc) is 2.32. The van der Waals surface area contributed by atoms with Crippen molar-refractivity contribution in [3.63, 3.8) is 0 Å².